The van der Waals surface area contributed by atoms with Crippen LogP contribution in [0.5, 0.6) is 0 Å². The van der Waals surface area contributed by atoms with Crippen molar-refractivity contribution in [2.45, 2.75) is 40.3 Å². The molecule has 1 aromatic carbocycles. The molecule has 1 aliphatic rings. The van der Waals surface area contributed by atoms with Crippen molar-refractivity contribution >= 4 is 41.3 Å². The summed E-state index contributed by atoms with van der Waals surface area (Å²) in [4.78, 5) is 14.3. The second kappa shape index (κ2) is 14.0. The van der Waals surface area contributed by atoms with Crippen LogP contribution in [-0.4, -0.2) is 66.6 Å². The van der Waals surface area contributed by atoms with Gasteiger partial charge in [0.1, 0.15) is 0 Å². The van der Waals surface area contributed by atoms with Gasteiger partial charge in [-0.1, -0.05) is 31.2 Å². The van der Waals surface area contributed by atoms with Gasteiger partial charge in [-0.3, -0.25) is 4.90 Å². The third kappa shape index (κ3) is 9.03. The van der Waals surface area contributed by atoms with Crippen LogP contribution in [0.4, 0.5) is 0 Å². The summed E-state index contributed by atoms with van der Waals surface area (Å²) in [6.07, 6.45) is 0.913. The van der Waals surface area contributed by atoms with Crippen LogP contribution in [0, 0.1) is 6.92 Å². The van der Waals surface area contributed by atoms with Crippen LogP contribution in [-0.2, 0) is 19.5 Å². The van der Waals surface area contributed by atoms with Gasteiger partial charge < -0.3 is 15.5 Å². The maximum absolute atomic E-state index is 4.74. The Bertz CT molecular complexity index is 784. The molecule has 0 saturated carbocycles. The number of aromatic nitrogens is 1. The molecule has 1 aliphatic heterocycles. The fourth-order valence-electron chi connectivity index (χ4n) is 3.62. The van der Waals surface area contributed by atoms with Crippen LogP contribution in [0.2, 0.25) is 0 Å². The molecule has 1 saturated heterocycles. The van der Waals surface area contributed by atoms with E-state index < -0.39 is 0 Å². The van der Waals surface area contributed by atoms with E-state index in [1.54, 1.807) is 11.3 Å². The van der Waals surface area contributed by atoms with Gasteiger partial charge in [-0.05, 0) is 31.5 Å². The molecule has 6 nitrogen and oxygen atoms in total. The van der Waals surface area contributed by atoms with Crippen molar-refractivity contribution in [2.75, 3.05) is 45.8 Å². The van der Waals surface area contributed by atoms with Gasteiger partial charge in [-0.2, -0.15) is 0 Å². The number of piperazine rings is 1. The second-order valence-electron chi connectivity index (χ2n) is 7.76. The molecule has 0 aliphatic carbocycles. The molecule has 3 rings (SSSR count). The number of guanidine groups is 1. The lowest BCUT2D eigenvalue weighted by Crippen LogP contribution is -2.45. The monoisotopic (exact) mass is 556 g/mol. The Morgan fingerprint density at radius 3 is 2.32 bits per heavy atom. The summed E-state index contributed by atoms with van der Waals surface area (Å²) in [6.45, 7) is 15.7. The van der Waals surface area contributed by atoms with Crippen molar-refractivity contribution in [3.8, 4) is 0 Å². The molecule has 0 radical (unpaired) electrons. The molecule has 1 aromatic heterocycles. The number of benzene rings is 1. The number of nitrogens with one attached hydrogen (secondary N) is 2. The highest BCUT2D eigenvalue weighted by atomic mass is 127. The Kier molecular flexibility index (Phi) is 11.8. The topological polar surface area (TPSA) is 55.8 Å². The van der Waals surface area contributed by atoms with E-state index in [0.717, 1.165) is 62.4 Å². The average molecular weight is 557 g/mol. The van der Waals surface area contributed by atoms with Crippen molar-refractivity contribution in [3.05, 3.63) is 51.5 Å². The zero-order chi connectivity index (χ0) is 21.2. The molecule has 8 heteroatoms. The van der Waals surface area contributed by atoms with Gasteiger partial charge in [0.05, 0.1) is 17.2 Å². The van der Waals surface area contributed by atoms with E-state index in [1.807, 2.05) is 6.92 Å². The smallest absolute Gasteiger partial charge is 0.191 e. The first-order valence-electron chi connectivity index (χ1n) is 11.1. The van der Waals surface area contributed by atoms with Crippen molar-refractivity contribution in [2.24, 2.45) is 4.99 Å². The van der Waals surface area contributed by atoms with Gasteiger partial charge in [0.15, 0.2) is 5.96 Å². The number of nitrogens with zero attached hydrogens (tertiary/aromatic N) is 4. The Morgan fingerprint density at radius 1 is 1.03 bits per heavy atom. The zero-order valence-electron chi connectivity index (χ0n) is 19.1. The molecule has 0 atom stereocenters. The molecular weight excluding hydrogens is 519 g/mol. The highest BCUT2D eigenvalue weighted by Gasteiger charge is 2.15. The molecule has 31 heavy (non-hydrogen) atoms. The fraction of sp³-hybridized carbons (Fsp3) is 0.565. The standard InChI is InChI=1S/C23H36N6S.HI/c1-4-24-23(25-11-10-22-18-30-19(3)27-22)26-16-20-6-8-21(9-7-20)17-29-14-12-28(5-2)13-15-29;/h6-9,18H,4-5,10-17H2,1-3H3,(H2,24,25,26);1H. The van der Waals surface area contributed by atoms with Crippen molar-refractivity contribution in [3.63, 3.8) is 0 Å². The van der Waals surface area contributed by atoms with Crippen LogP contribution in [0.15, 0.2) is 34.6 Å². The highest BCUT2D eigenvalue weighted by Crippen LogP contribution is 2.11. The number of thiazole rings is 1. The largest absolute Gasteiger partial charge is 0.357 e. The number of hydrogen-bond acceptors (Lipinski definition) is 5. The third-order valence-corrected chi connectivity index (χ3v) is 6.27. The number of likely N-dealkylation sites (N-methyl/N-ethyl adjacent to an activating group) is 1. The minimum atomic E-state index is 0. The van der Waals surface area contributed by atoms with E-state index >= 15 is 0 Å². The SMILES string of the molecule is CCNC(=NCc1ccc(CN2CCN(CC)CC2)cc1)NCCc1csc(C)n1.I. The maximum Gasteiger partial charge on any atom is 0.191 e. The summed E-state index contributed by atoms with van der Waals surface area (Å²) in [5.41, 5.74) is 3.77. The van der Waals surface area contributed by atoms with Crippen LogP contribution < -0.4 is 10.6 Å². The molecule has 1 fully saturated rings. The first kappa shape index (κ1) is 26.0. The fourth-order valence-corrected chi connectivity index (χ4v) is 4.26. The summed E-state index contributed by atoms with van der Waals surface area (Å²) >= 11 is 1.70. The lowest BCUT2D eigenvalue weighted by Gasteiger charge is -2.34. The van der Waals surface area contributed by atoms with Crippen LogP contribution in [0.25, 0.3) is 0 Å². The van der Waals surface area contributed by atoms with Crippen LogP contribution >= 0.6 is 35.3 Å². The number of halogens is 1. The van der Waals surface area contributed by atoms with Crippen molar-refractivity contribution < 1.29 is 0 Å². The van der Waals surface area contributed by atoms with Gasteiger partial charge >= 0.3 is 0 Å². The Morgan fingerprint density at radius 2 is 1.71 bits per heavy atom. The molecule has 2 heterocycles. The van der Waals surface area contributed by atoms with Gasteiger partial charge in [0.25, 0.3) is 0 Å². The van der Waals surface area contributed by atoms with E-state index in [0.29, 0.717) is 6.54 Å². The van der Waals surface area contributed by atoms with Crippen LogP contribution in [0.1, 0.15) is 35.7 Å². The van der Waals surface area contributed by atoms with E-state index in [-0.39, 0.29) is 24.0 Å². The normalized spacial score (nSPS) is 15.5. The number of hydrogen-bond donors (Lipinski definition) is 2. The Balaban J connectivity index is 0.00000341. The maximum atomic E-state index is 4.74. The third-order valence-electron chi connectivity index (χ3n) is 5.45. The van der Waals surface area contributed by atoms with Gasteiger partial charge in [0.2, 0.25) is 0 Å². The Hall–Kier alpha value is -1.23. The van der Waals surface area contributed by atoms with Gasteiger partial charge in [-0.25, -0.2) is 9.98 Å². The number of aliphatic imine (C=N–C) groups is 1. The summed E-state index contributed by atoms with van der Waals surface area (Å²) in [5.74, 6) is 0.863. The lowest BCUT2D eigenvalue weighted by atomic mass is 10.1. The molecule has 0 spiro atoms. The molecule has 0 unspecified atom stereocenters. The van der Waals surface area contributed by atoms with Crippen molar-refractivity contribution in [1.29, 1.82) is 0 Å². The first-order valence-corrected chi connectivity index (χ1v) is 12.0. The summed E-state index contributed by atoms with van der Waals surface area (Å²) in [6, 6.07) is 8.93. The Labute approximate surface area is 208 Å². The molecule has 0 amide bonds. The molecular formula is C23H37IN6S. The molecule has 0 bridgehead atoms. The number of aryl methyl sites for hydroxylation is 1. The summed E-state index contributed by atoms with van der Waals surface area (Å²) < 4.78 is 0. The second-order valence-corrected chi connectivity index (χ2v) is 8.82. The molecule has 2 N–H and O–H groups in total. The average Bonchev–Trinajstić information content (AvgIpc) is 3.18. The minimum absolute atomic E-state index is 0. The quantitative estimate of drug-likeness (QED) is 0.282. The lowest BCUT2D eigenvalue weighted by molar-refractivity contribution is 0.132. The molecule has 2 aromatic rings. The predicted octanol–water partition coefficient (Wildman–Crippen LogP) is 3.50. The van der Waals surface area contributed by atoms with E-state index in [4.69, 9.17) is 4.99 Å². The van der Waals surface area contributed by atoms with Crippen LogP contribution in [0.3, 0.4) is 0 Å². The first-order chi connectivity index (χ1) is 14.7. The van der Waals surface area contributed by atoms with E-state index in [9.17, 15) is 0 Å². The zero-order valence-corrected chi connectivity index (χ0v) is 22.2. The predicted molar refractivity (Wildman–Crippen MR) is 143 cm³/mol. The highest BCUT2D eigenvalue weighted by molar-refractivity contribution is 14.0. The van der Waals surface area contributed by atoms with E-state index in [2.05, 4.69) is 68.9 Å². The molecule has 172 valence electrons. The number of rotatable bonds is 9. The van der Waals surface area contributed by atoms with Crippen molar-refractivity contribution in [1.82, 2.24) is 25.4 Å². The summed E-state index contributed by atoms with van der Waals surface area (Å²) in [5, 5.41) is 10.00. The van der Waals surface area contributed by atoms with Gasteiger partial charge in [0, 0.05) is 57.6 Å². The van der Waals surface area contributed by atoms with Gasteiger partial charge in [-0.15, -0.1) is 35.3 Å². The minimum Gasteiger partial charge on any atom is -0.357 e. The summed E-state index contributed by atoms with van der Waals surface area (Å²) in [7, 11) is 0. The van der Waals surface area contributed by atoms with E-state index in [1.165, 1.54) is 24.2 Å².